The van der Waals surface area contributed by atoms with Crippen LogP contribution in [0.2, 0.25) is 0 Å². The van der Waals surface area contributed by atoms with Crippen molar-refractivity contribution in [2.75, 3.05) is 0 Å². The van der Waals surface area contributed by atoms with Crippen LogP contribution in [0.25, 0.3) is 5.69 Å². The molecule has 0 aliphatic heterocycles. The lowest BCUT2D eigenvalue weighted by Gasteiger charge is -2.07. The molecule has 0 unspecified atom stereocenters. The maximum atomic E-state index is 11.1. The fraction of sp³-hybridized carbons (Fsp3) is 0. The van der Waals surface area contributed by atoms with Gasteiger partial charge in [-0.1, -0.05) is 6.07 Å². The van der Waals surface area contributed by atoms with E-state index in [9.17, 15) is 4.79 Å². The van der Waals surface area contributed by atoms with E-state index in [-0.39, 0.29) is 5.56 Å². The van der Waals surface area contributed by atoms with Gasteiger partial charge >= 0.3 is 5.97 Å². The average Bonchev–Trinajstić information content (AvgIpc) is 2.69. The first kappa shape index (κ1) is 9.92. The molecule has 0 saturated heterocycles. The topological polar surface area (TPSA) is 55.1 Å². The number of carboxylic acid groups (broad SMARTS) is 1. The Bertz CT molecular complexity index is 494. The van der Waals surface area contributed by atoms with Crippen molar-refractivity contribution in [3.05, 3.63) is 47.0 Å². The van der Waals surface area contributed by atoms with Crippen molar-refractivity contribution in [3.8, 4) is 5.69 Å². The molecule has 0 radical (unpaired) electrons. The Balaban J connectivity index is 2.66. The maximum Gasteiger partial charge on any atom is 0.338 e. The number of hydrogen-bond acceptors (Lipinski definition) is 2. The van der Waals surface area contributed by atoms with E-state index in [1.54, 1.807) is 41.5 Å². The van der Waals surface area contributed by atoms with Gasteiger partial charge in [-0.2, -0.15) is 0 Å². The van der Waals surface area contributed by atoms with E-state index in [1.807, 2.05) is 0 Å². The average molecular weight is 267 g/mol. The Morgan fingerprint density at radius 2 is 2.27 bits per heavy atom. The molecule has 0 bridgehead atoms. The summed E-state index contributed by atoms with van der Waals surface area (Å²) in [6.45, 7) is 0. The van der Waals surface area contributed by atoms with Gasteiger partial charge in [-0.3, -0.25) is 0 Å². The SMILES string of the molecule is O=C(O)c1c(Br)cccc1-n1ccnc1. The van der Waals surface area contributed by atoms with Crippen LogP contribution in [0.15, 0.2) is 41.4 Å². The van der Waals surface area contributed by atoms with Gasteiger partial charge in [-0.15, -0.1) is 0 Å². The summed E-state index contributed by atoms with van der Waals surface area (Å²) in [5, 5.41) is 9.08. The lowest BCUT2D eigenvalue weighted by atomic mass is 10.2. The number of benzene rings is 1. The van der Waals surface area contributed by atoms with Gasteiger partial charge in [0.2, 0.25) is 0 Å². The van der Waals surface area contributed by atoms with Gasteiger partial charge in [-0.25, -0.2) is 9.78 Å². The van der Waals surface area contributed by atoms with Crippen LogP contribution in [0.1, 0.15) is 10.4 Å². The maximum absolute atomic E-state index is 11.1. The minimum Gasteiger partial charge on any atom is -0.478 e. The molecule has 0 amide bonds. The van der Waals surface area contributed by atoms with E-state index in [2.05, 4.69) is 20.9 Å². The Labute approximate surface area is 94.3 Å². The zero-order chi connectivity index (χ0) is 10.8. The number of aromatic carboxylic acids is 1. The minimum absolute atomic E-state index is 0.232. The normalized spacial score (nSPS) is 10.2. The highest BCUT2D eigenvalue weighted by atomic mass is 79.9. The molecule has 5 heteroatoms. The molecule has 0 aliphatic carbocycles. The zero-order valence-electron chi connectivity index (χ0n) is 7.59. The first-order valence-corrected chi connectivity index (χ1v) is 4.99. The number of imidazole rings is 1. The number of rotatable bonds is 2. The summed E-state index contributed by atoms with van der Waals surface area (Å²) >= 11 is 3.22. The third kappa shape index (κ3) is 1.78. The van der Waals surface area contributed by atoms with Crippen LogP contribution in [0, 0.1) is 0 Å². The lowest BCUT2D eigenvalue weighted by Crippen LogP contribution is -2.05. The van der Waals surface area contributed by atoms with Gasteiger partial charge in [0.05, 0.1) is 17.6 Å². The molecule has 1 N–H and O–H groups in total. The van der Waals surface area contributed by atoms with Gasteiger partial charge in [0.1, 0.15) is 0 Å². The molecule has 4 nitrogen and oxygen atoms in total. The van der Waals surface area contributed by atoms with Crippen molar-refractivity contribution in [2.24, 2.45) is 0 Å². The van der Waals surface area contributed by atoms with Crippen LogP contribution in [0.3, 0.4) is 0 Å². The highest BCUT2D eigenvalue weighted by molar-refractivity contribution is 9.10. The number of hydrogen-bond donors (Lipinski definition) is 1. The molecule has 1 aromatic heterocycles. The molecule has 0 saturated carbocycles. The van der Waals surface area contributed by atoms with E-state index in [1.165, 1.54) is 0 Å². The smallest absolute Gasteiger partial charge is 0.338 e. The molecule has 1 aromatic carbocycles. The predicted molar refractivity (Wildman–Crippen MR) is 58.2 cm³/mol. The van der Waals surface area contributed by atoms with E-state index >= 15 is 0 Å². The van der Waals surface area contributed by atoms with Crippen LogP contribution in [-0.4, -0.2) is 20.6 Å². The molecule has 0 fully saturated rings. The Morgan fingerprint density at radius 3 is 2.87 bits per heavy atom. The Hall–Kier alpha value is -1.62. The number of aromatic nitrogens is 2. The third-order valence-corrected chi connectivity index (χ3v) is 2.65. The molecule has 1 heterocycles. The second kappa shape index (κ2) is 3.86. The van der Waals surface area contributed by atoms with Gasteiger partial charge in [0.15, 0.2) is 0 Å². The van der Waals surface area contributed by atoms with Gasteiger partial charge in [-0.05, 0) is 28.1 Å². The number of halogens is 1. The molecular weight excluding hydrogens is 260 g/mol. The second-order valence-corrected chi connectivity index (χ2v) is 3.76. The summed E-state index contributed by atoms with van der Waals surface area (Å²) in [6, 6.07) is 5.21. The minimum atomic E-state index is -0.967. The summed E-state index contributed by atoms with van der Waals surface area (Å²) < 4.78 is 2.22. The van der Waals surface area contributed by atoms with Crippen LogP contribution in [0.4, 0.5) is 0 Å². The Morgan fingerprint density at radius 1 is 1.47 bits per heavy atom. The van der Waals surface area contributed by atoms with E-state index in [0.29, 0.717) is 10.2 Å². The van der Waals surface area contributed by atoms with Gasteiger partial charge in [0, 0.05) is 16.9 Å². The monoisotopic (exact) mass is 266 g/mol. The first-order valence-electron chi connectivity index (χ1n) is 4.20. The lowest BCUT2D eigenvalue weighted by molar-refractivity contribution is 0.0696. The van der Waals surface area contributed by atoms with E-state index in [4.69, 9.17) is 5.11 Å². The summed E-state index contributed by atoms with van der Waals surface area (Å²) in [4.78, 5) is 15.0. The van der Waals surface area contributed by atoms with Crippen LogP contribution < -0.4 is 0 Å². The molecule has 0 aliphatic rings. The third-order valence-electron chi connectivity index (χ3n) is 1.99. The molecular formula is C10H7BrN2O2. The van der Waals surface area contributed by atoms with Crippen LogP contribution in [-0.2, 0) is 0 Å². The first-order chi connectivity index (χ1) is 7.20. The summed E-state index contributed by atoms with van der Waals surface area (Å²) in [6.07, 6.45) is 4.87. The molecule has 2 aromatic rings. The number of nitrogens with zero attached hydrogens (tertiary/aromatic N) is 2. The fourth-order valence-electron chi connectivity index (χ4n) is 1.34. The highest BCUT2D eigenvalue weighted by Crippen LogP contribution is 2.23. The molecule has 76 valence electrons. The zero-order valence-corrected chi connectivity index (χ0v) is 9.18. The fourth-order valence-corrected chi connectivity index (χ4v) is 1.87. The Kier molecular flexibility index (Phi) is 2.55. The van der Waals surface area contributed by atoms with Crippen molar-refractivity contribution in [3.63, 3.8) is 0 Å². The van der Waals surface area contributed by atoms with Gasteiger partial charge in [0.25, 0.3) is 0 Å². The van der Waals surface area contributed by atoms with Crippen molar-refractivity contribution in [2.45, 2.75) is 0 Å². The van der Waals surface area contributed by atoms with E-state index in [0.717, 1.165) is 0 Å². The van der Waals surface area contributed by atoms with E-state index < -0.39 is 5.97 Å². The van der Waals surface area contributed by atoms with Gasteiger partial charge < -0.3 is 9.67 Å². The number of carboxylic acids is 1. The van der Waals surface area contributed by atoms with Crippen molar-refractivity contribution in [1.29, 1.82) is 0 Å². The van der Waals surface area contributed by atoms with Crippen molar-refractivity contribution in [1.82, 2.24) is 9.55 Å². The molecule has 2 rings (SSSR count). The number of carbonyl (C=O) groups is 1. The largest absolute Gasteiger partial charge is 0.478 e. The van der Waals surface area contributed by atoms with Crippen LogP contribution in [0.5, 0.6) is 0 Å². The highest BCUT2D eigenvalue weighted by Gasteiger charge is 2.14. The second-order valence-electron chi connectivity index (χ2n) is 2.91. The molecule has 0 spiro atoms. The standard InChI is InChI=1S/C10H7BrN2O2/c11-7-2-1-3-8(9(7)10(14)15)13-5-4-12-6-13/h1-6H,(H,14,15). The summed E-state index contributed by atoms with van der Waals surface area (Å²) in [5.74, 6) is -0.967. The van der Waals surface area contributed by atoms with Crippen molar-refractivity contribution < 1.29 is 9.90 Å². The summed E-state index contributed by atoms with van der Waals surface area (Å²) in [7, 11) is 0. The quantitative estimate of drug-likeness (QED) is 0.908. The summed E-state index contributed by atoms with van der Waals surface area (Å²) in [5.41, 5.74) is 0.824. The van der Waals surface area contributed by atoms with Crippen molar-refractivity contribution >= 4 is 21.9 Å². The molecule has 0 atom stereocenters. The molecule has 15 heavy (non-hydrogen) atoms. The predicted octanol–water partition coefficient (Wildman–Crippen LogP) is 2.33. The van der Waals surface area contributed by atoms with Crippen LogP contribution >= 0.6 is 15.9 Å².